The van der Waals surface area contributed by atoms with Gasteiger partial charge in [0.2, 0.25) is 0 Å². The van der Waals surface area contributed by atoms with E-state index >= 15 is 0 Å². The van der Waals surface area contributed by atoms with Crippen molar-refractivity contribution in [3.8, 4) is 0 Å². The Hall–Kier alpha value is -1.03. The number of nitrogens with one attached hydrogen (secondary N) is 1. The van der Waals surface area contributed by atoms with E-state index in [1.54, 1.807) is 23.9 Å². The highest BCUT2D eigenvalue weighted by Crippen LogP contribution is 2.24. The minimum Gasteiger partial charge on any atom is -0.358 e. The Morgan fingerprint density at radius 1 is 1.42 bits per heavy atom. The van der Waals surface area contributed by atoms with Crippen LogP contribution in [0.2, 0.25) is 0 Å². The van der Waals surface area contributed by atoms with Crippen LogP contribution in [-0.4, -0.2) is 17.0 Å². The Kier molecular flexibility index (Phi) is 4.86. The number of hydrogen-bond donors (Lipinski definition) is 1. The van der Waals surface area contributed by atoms with E-state index in [1.165, 1.54) is 6.07 Å². The fraction of sp³-hybridized carbons (Fsp3) is 0.533. The fourth-order valence-corrected chi connectivity index (χ4v) is 3.25. The van der Waals surface area contributed by atoms with Gasteiger partial charge in [-0.05, 0) is 37.0 Å². The number of amidine groups is 1. The lowest BCUT2D eigenvalue weighted by atomic mass is 10.1. The van der Waals surface area contributed by atoms with E-state index < -0.39 is 0 Å². The number of hydrogen-bond acceptors (Lipinski definition) is 3. The molecular formula is C15H21FN2S. The van der Waals surface area contributed by atoms with Crippen molar-refractivity contribution in [3.63, 3.8) is 0 Å². The Balaban J connectivity index is 1.94. The highest BCUT2D eigenvalue weighted by molar-refractivity contribution is 8.14. The van der Waals surface area contributed by atoms with Crippen LogP contribution in [0.25, 0.3) is 0 Å². The molecule has 1 aromatic rings. The van der Waals surface area contributed by atoms with Crippen molar-refractivity contribution in [1.82, 2.24) is 5.32 Å². The zero-order valence-corrected chi connectivity index (χ0v) is 12.5. The zero-order chi connectivity index (χ0) is 13.8. The molecule has 0 saturated carbocycles. The first-order valence-electron chi connectivity index (χ1n) is 6.77. The van der Waals surface area contributed by atoms with E-state index in [4.69, 9.17) is 4.99 Å². The third-order valence-electron chi connectivity index (χ3n) is 3.14. The molecule has 1 aliphatic heterocycles. The Morgan fingerprint density at radius 3 is 2.89 bits per heavy atom. The van der Waals surface area contributed by atoms with E-state index in [1.807, 2.05) is 13.0 Å². The summed E-state index contributed by atoms with van der Waals surface area (Å²) in [5.74, 6) is 1.54. The van der Waals surface area contributed by atoms with Crippen LogP contribution in [0.3, 0.4) is 0 Å². The molecule has 1 N–H and O–H groups in total. The molecule has 0 amide bonds. The SMILES string of the molecule is CC(C)CC1CSC(NC(C)c2cccc(F)c2)=N1. The van der Waals surface area contributed by atoms with Crippen molar-refractivity contribution >= 4 is 16.9 Å². The van der Waals surface area contributed by atoms with Gasteiger partial charge in [0.25, 0.3) is 0 Å². The first-order valence-corrected chi connectivity index (χ1v) is 7.75. The largest absolute Gasteiger partial charge is 0.358 e. The smallest absolute Gasteiger partial charge is 0.157 e. The summed E-state index contributed by atoms with van der Waals surface area (Å²) in [4.78, 5) is 4.69. The van der Waals surface area contributed by atoms with Crippen LogP contribution in [0.4, 0.5) is 4.39 Å². The third-order valence-corrected chi connectivity index (χ3v) is 4.19. The van der Waals surface area contributed by atoms with Crippen LogP contribution in [0.1, 0.15) is 38.8 Å². The lowest BCUT2D eigenvalue weighted by molar-refractivity contribution is 0.528. The molecule has 0 aliphatic carbocycles. The number of nitrogens with zero attached hydrogens (tertiary/aromatic N) is 1. The van der Waals surface area contributed by atoms with Crippen molar-refractivity contribution in [3.05, 3.63) is 35.6 Å². The Bertz CT molecular complexity index is 459. The van der Waals surface area contributed by atoms with Crippen molar-refractivity contribution < 1.29 is 4.39 Å². The van der Waals surface area contributed by atoms with Crippen LogP contribution in [0.15, 0.2) is 29.3 Å². The van der Waals surface area contributed by atoms with Crippen LogP contribution in [-0.2, 0) is 0 Å². The molecule has 2 unspecified atom stereocenters. The van der Waals surface area contributed by atoms with E-state index in [9.17, 15) is 4.39 Å². The molecule has 0 spiro atoms. The highest BCUT2D eigenvalue weighted by Gasteiger charge is 2.20. The van der Waals surface area contributed by atoms with Gasteiger partial charge in [0, 0.05) is 5.75 Å². The molecule has 2 atom stereocenters. The maximum absolute atomic E-state index is 13.2. The van der Waals surface area contributed by atoms with Crippen molar-refractivity contribution in [1.29, 1.82) is 0 Å². The molecule has 0 saturated heterocycles. The molecule has 0 radical (unpaired) electrons. The third kappa shape index (κ3) is 4.23. The maximum Gasteiger partial charge on any atom is 0.157 e. The summed E-state index contributed by atoms with van der Waals surface area (Å²) in [5.41, 5.74) is 0.954. The zero-order valence-electron chi connectivity index (χ0n) is 11.7. The molecule has 104 valence electrons. The molecule has 2 rings (SSSR count). The van der Waals surface area contributed by atoms with Gasteiger partial charge >= 0.3 is 0 Å². The molecule has 1 aliphatic rings. The van der Waals surface area contributed by atoms with Gasteiger partial charge < -0.3 is 5.32 Å². The summed E-state index contributed by atoms with van der Waals surface area (Å²) in [6.45, 7) is 6.48. The number of halogens is 1. The standard InChI is InChI=1S/C15H21FN2S/c1-10(2)7-14-9-19-15(18-14)17-11(3)12-5-4-6-13(16)8-12/h4-6,8,10-11,14H,7,9H2,1-3H3,(H,17,18). The minimum atomic E-state index is -0.190. The second kappa shape index (κ2) is 6.42. The predicted molar refractivity (Wildman–Crippen MR) is 81.1 cm³/mol. The average Bonchev–Trinajstić information content (AvgIpc) is 2.75. The van der Waals surface area contributed by atoms with Gasteiger partial charge in [-0.15, -0.1) is 0 Å². The molecule has 0 fully saturated rings. The van der Waals surface area contributed by atoms with Crippen molar-refractivity contribution in [2.75, 3.05) is 5.75 Å². The summed E-state index contributed by atoms with van der Waals surface area (Å²) in [7, 11) is 0. The summed E-state index contributed by atoms with van der Waals surface area (Å²) in [6.07, 6.45) is 1.13. The van der Waals surface area contributed by atoms with Crippen molar-refractivity contribution in [2.24, 2.45) is 10.9 Å². The summed E-state index contributed by atoms with van der Waals surface area (Å²) in [5, 5.41) is 4.36. The highest BCUT2D eigenvalue weighted by atomic mass is 32.2. The molecule has 1 heterocycles. The van der Waals surface area contributed by atoms with E-state index in [-0.39, 0.29) is 11.9 Å². The molecule has 0 aromatic heterocycles. The first kappa shape index (κ1) is 14.4. The van der Waals surface area contributed by atoms with Crippen LogP contribution < -0.4 is 5.32 Å². The van der Waals surface area contributed by atoms with Gasteiger partial charge in [-0.3, -0.25) is 4.99 Å². The Labute approximate surface area is 118 Å². The second-order valence-corrected chi connectivity index (χ2v) is 6.46. The van der Waals surface area contributed by atoms with Crippen LogP contribution >= 0.6 is 11.8 Å². The lowest BCUT2D eigenvalue weighted by Gasteiger charge is -2.14. The van der Waals surface area contributed by atoms with Crippen LogP contribution in [0.5, 0.6) is 0 Å². The summed E-state index contributed by atoms with van der Waals surface area (Å²) >= 11 is 1.76. The number of rotatable bonds is 4. The molecule has 0 bridgehead atoms. The van der Waals surface area contributed by atoms with Gasteiger partial charge in [0.05, 0.1) is 12.1 Å². The first-order chi connectivity index (χ1) is 9.04. The monoisotopic (exact) mass is 280 g/mol. The lowest BCUT2D eigenvalue weighted by Crippen LogP contribution is -2.23. The molecule has 4 heteroatoms. The number of aliphatic imine (C=N–C) groups is 1. The predicted octanol–water partition coefficient (Wildman–Crippen LogP) is 3.99. The molecule has 1 aromatic carbocycles. The number of benzene rings is 1. The molecular weight excluding hydrogens is 259 g/mol. The quantitative estimate of drug-likeness (QED) is 0.901. The van der Waals surface area contributed by atoms with E-state index in [0.717, 1.165) is 22.9 Å². The van der Waals surface area contributed by atoms with Crippen molar-refractivity contribution in [2.45, 2.75) is 39.3 Å². The average molecular weight is 280 g/mol. The van der Waals surface area contributed by atoms with Gasteiger partial charge in [0.15, 0.2) is 5.17 Å². The molecule has 19 heavy (non-hydrogen) atoms. The van der Waals surface area contributed by atoms with E-state index in [0.29, 0.717) is 12.0 Å². The van der Waals surface area contributed by atoms with Gasteiger partial charge in [-0.1, -0.05) is 37.7 Å². The normalized spacial score (nSPS) is 20.5. The Morgan fingerprint density at radius 2 is 2.21 bits per heavy atom. The van der Waals surface area contributed by atoms with Gasteiger partial charge in [-0.25, -0.2) is 4.39 Å². The minimum absolute atomic E-state index is 0.0831. The van der Waals surface area contributed by atoms with Crippen LogP contribution in [0, 0.1) is 11.7 Å². The van der Waals surface area contributed by atoms with Gasteiger partial charge in [-0.2, -0.15) is 0 Å². The summed E-state index contributed by atoms with van der Waals surface area (Å²) in [6, 6.07) is 7.23. The van der Waals surface area contributed by atoms with Gasteiger partial charge in [0.1, 0.15) is 5.82 Å². The van der Waals surface area contributed by atoms with E-state index in [2.05, 4.69) is 19.2 Å². The maximum atomic E-state index is 13.2. The topological polar surface area (TPSA) is 24.4 Å². The second-order valence-electron chi connectivity index (χ2n) is 5.45. The molecule has 2 nitrogen and oxygen atoms in total. The summed E-state index contributed by atoms with van der Waals surface area (Å²) < 4.78 is 13.2. The fourth-order valence-electron chi connectivity index (χ4n) is 2.20. The number of thioether (sulfide) groups is 1.